The number of hydrogen-bond donors (Lipinski definition) is 2. The Morgan fingerprint density at radius 3 is 2.46 bits per heavy atom. The summed E-state index contributed by atoms with van der Waals surface area (Å²) in [5, 5.41) is 6.88. The highest BCUT2D eigenvalue weighted by molar-refractivity contribution is 7.14. The summed E-state index contributed by atoms with van der Waals surface area (Å²) in [7, 11) is 1.67. The van der Waals surface area contributed by atoms with E-state index in [0.717, 1.165) is 34.6 Å². The van der Waals surface area contributed by atoms with Crippen molar-refractivity contribution >= 4 is 29.7 Å². The zero-order valence-corrected chi connectivity index (χ0v) is 16.7. The Kier molecular flexibility index (Phi) is 5.90. The molecule has 26 heavy (non-hydrogen) atoms. The van der Waals surface area contributed by atoms with Crippen LogP contribution in [0, 0.1) is 6.92 Å². The molecule has 1 amide bonds. The third-order valence-electron chi connectivity index (χ3n) is 5.35. The number of rotatable bonds is 4. The average molecular weight is 393 g/mol. The number of carbonyl (C=O) groups excluding carboxylic acids is 1. The minimum absolute atomic E-state index is 0. The lowest BCUT2D eigenvalue weighted by molar-refractivity contribution is 0.0928. The maximum Gasteiger partial charge on any atom is 0.261 e. The summed E-state index contributed by atoms with van der Waals surface area (Å²) in [6, 6.07) is 11.5. The molecular formula is C20H25ClN2O2S. The molecule has 4 nitrogen and oxygen atoms in total. The second-order valence-corrected chi connectivity index (χ2v) is 8.34. The molecule has 2 bridgehead atoms. The van der Waals surface area contributed by atoms with Crippen LogP contribution in [0.4, 0.5) is 0 Å². The van der Waals surface area contributed by atoms with E-state index < -0.39 is 0 Å². The number of amides is 1. The third-order valence-corrected chi connectivity index (χ3v) is 6.40. The van der Waals surface area contributed by atoms with Gasteiger partial charge >= 0.3 is 0 Å². The fraction of sp³-hybridized carbons (Fsp3) is 0.450. The van der Waals surface area contributed by atoms with Gasteiger partial charge in [0.1, 0.15) is 5.75 Å². The number of hydrogen-bond acceptors (Lipinski definition) is 4. The number of thiophene rings is 1. The molecule has 2 saturated heterocycles. The number of aryl methyl sites for hydroxylation is 1. The van der Waals surface area contributed by atoms with Crippen LogP contribution >= 0.6 is 23.7 Å². The Bertz CT molecular complexity index is 763. The summed E-state index contributed by atoms with van der Waals surface area (Å²) in [6.07, 6.45) is 4.60. The van der Waals surface area contributed by atoms with Crippen molar-refractivity contribution in [3.8, 4) is 16.9 Å². The second-order valence-electron chi connectivity index (χ2n) is 7.09. The molecular weight excluding hydrogens is 368 g/mol. The Morgan fingerprint density at radius 2 is 1.85 bits per heavy atom. The van der Waals surface area contributed by atoms with Gasteiger partial charge in [-0.3, -0.25) is 4.79 Å². The van der Waals surface area contributed by atoms with Crippen LogP contribution in [0.25, 0.3) is 11.1 Å². The number of fused-ring (bicyclic) bond motifs is 2. The van der Waals surface area contributed by atoms with Crippen molar-refractivity contribution < 1.29 is 9.53 Å². The Balaban J connectivity index is 0.00000196. The number of carbonyl (C=O) groups is 1. The van der Waals surface area contributed by atoms with E-state index in [0.29, 0.717) is 18.1 Å². The summed E-state index contributed by atoms with van der Waals surface area (Å²) in [4.78, 5) is 14.7. The molecule has 2 aromatic rings. The zero-order valence-electron chi connectivity index (χ0n) is 15.1. The van der Waals surface area contributed by atoms with Crippen LogP contribution in [0.5, 0.6) is 5.75 Å². The predicted molar refractivity (Wildman–Crippen MR) is 109 cm³/mol. The summed E-state index contributed by atoms with van der Waals surface area (Å²) < 4.78 is 5.22. The normalized spacial score (nSPS) is 24.0. The molecule has 6 heteroatoms. The average Bonchev–Trinajstić information content (AvgIpc) is 3.17. The van der Waals surface area contributed by atoms with Crippen LogP contribution in [0.2, 0.25) is 0 Å². The molecule has 2 atom stereocenters. The van der Waals surface area contributed by atoms with E-state index in [9.17, 15) is 4.79 Å². The first-order chi connectivity index (χ1) is 12.1. The number of methoxy groups -OCH3 is 1. The number of ether oxygens (including phenoxy) is 1. The van der Waals surface area contributed by atoms with Gasteiger partial charge in [-0.05, 0) is 61.9 Å². The van der Waals surface area contributed by atoms with Gasteiger partial charge in [-0.1, -0.05) is 12.1 Å². The zero-order chi connectivity index (χ0) is 17.4. The first-order valence-corrected chi connectivity index (χ1v) is 9.76. The van der Waals surface area contributed by atoms with Crippen LogP contribution in [-0.2, 0) is 0 Å². The van der Waals surface area contributed by atoms with Crippen LogP contribution in [0.3, 0.4) is 0 Å². The number of halogens is 1. The van der Waals surface area contributed by atoms with E-state index >= 15 is 0 Å². The van der Waals surface area contributed by atoms with Crippen molar-refractivity contribution in [2.24, 2.45) is 0 Å². The molecule has 0 saturated carbocycles. The van der Waals surface area contributed by atoms with E-state index in [4.69, 9.17) is 4.74 Å². The van der Waals surface area contributed by atoms with Crippen molar-refractivity contribution in [3.63, 3.8) is 0 Å². The van der Waals surface area contributed by atoms with Crippen LogP contribution in [0.15, 0.2) is 30.3 Å². The van der Waals surface area contributed by atoms with Gasteiger partial charge in [0.15, 0.2) is 0 Å². The Labute approximate surface area is 164 Å². The number of piperidine rings is 1. The molecule has 2 fully saturated rings. The van der Waals surface area contributed by atoms with Gasteiger partial charge in [-0.15, -0.1) is 23.7 Å². The minimum Gasteiger partial charge on any atom is -0.497 e. The van der Waals surface area contributed by atoms with E-state index in [1.165, 1.54) is 17.7 Å². The van der Waals surface area contributed by atoms with E-state index in [2.05, 4.69) is 17.6 Å². The Morgan fingerprint density at radius 1 is 1.19 bits per heavy atom. The first kappa shape index (κ1) is 19.2. The summed E-state index contributed by atoms with van der Waals surface area (Å²) >= 11 is 1.57. The molecule has 2 N–H and O–H groups in total. The van der Waals surface area contributed by atoms with Crippen molar-refractivity contribution in [1.29, 1.82) is 0 Å². The van der Waals surface area contributed by atoms with E-state index in [1.807, 2.05) is 30.3 Å². The fourth-order valence-electron chi connectivity index (χ4n) is 4.08. The second kappa shape index (κ2) is 7.99. The van der Waals surface area contributed by atoms with E-state index in [1.54, 1.807) is 18.4 Å². The monoisotopic (exact) mass is 392 g/mol. The summed E-state index contributed by atoms with van der Waals surface area (Å²) in [5.41, 5.74) is 2.25. The van der Waals surface area contributed by atoms with Gasteiger partial charge in [0.05, 0.1) is 12.0 Å². The van der Waals surface area contributed by atoms with Gasteiger partial charge in [0.25, 0.3) is 5.91 Å². The van der Waals surface area contributed by atoms with Crippen molar-refractivity contribution in [2.45, 2.75) is 50.7 Å². The summed E-state index contributed by atoms with van der Waals surface area (Å²) in [5.74, 6) is 0.911. The summed E-state index contributed by atoms with van der Waals surface area (Å²) in [6.45, 7) is 2.08. The van der Waals surface area contributed by atoms with Gasteiger partial charge in [-0.25, -0.2) is 0 Å². The Hall–Kier alpha value is -1.56. The standard InChI is InChI=1S/C20H24N2O2S.ClH/c1-12-18(13-3-7-17(24-2)8-4-13)11-19(25-12)20(23)22-16-9-14-5-6-15(10-16)21-14;/h3-4,7-8,11,14-16,21H,5-6,9-10H2,1-2H3,(H,22,23);1H. The van der Waals surface area contributed by atoms with Crippen LogP contribution in [0.1, 0.15) is 40.2 Å². The maximum absolute atomic E-state index is 12.7. The molecule has 0 aliphatic carbocycles. The van der Waals surface area contributed by atoms with Crippen molar-refractivity contribution in [2.75, 3.05) is 7.11 Å². The lowest BCUT2D eigenvalue weighted by Gasteiger charge is -2.29. The van der Waals surface area contributed by atoms with E-state index in [-0.39, 0.29) is 18.3 Å². The number of benzene rings is 1. The molecule has 1 aromatic heterocycles. The highest BCUT2D eigenvalue weighted by Crippen LogP contribution is 2.32. The molecule has 2 unspecified atom stereocenters. The third kappa shape index (κ3) is 3.90. The highest BCUT2D eigenvalue weighted by atomic mass is 35.5. The van der Waals surface area contributed by atoms with Gasteiger partial charge in [0.2, 0.25) is 0 Å². The quantitative estimate of drug-likeness (QED) is 0.821. The predicted octanol–water partition coefficient (Wildman–Crippen LogP) is 4.17. The molecule has 1 aromatic carbocycles. The lowest BCUT2D eigenvalue weighted by atomic mass is 10.00. The largest absolute Gasteiger partial charge is 0.497 e. The molecule has 4 rings (SSSR count). The maximum atomic E-state index is 12.7. The fourth-order valence-corrected chi connectivity index (χ4v) is 5.03. The molecule has 2 aliphatic heterocycles. The SMILES string of the molecule is COc1ccc(-c2cc(C(=O)NC3CC4CCC(C3)N4)sc2C)cc1.Cl. The minimum atomic E-state index is 0. The number of nitrogens with one attached hydrogen (secondary N) is 2. The topological polar surface area (TPSA) is 50.4 Å². The van der Waals surface area contributed by atoms with Crippen LogP contribution < -0.4 is 15.4 Å². The highest BCUT2D eigenvalue weighted by Gasteiger charge is 2.34. The van der Waals surface area contributed by atoms with Crippen molar-refractivity contribution in [3.05, 3.63) is 40.1 Å². The molecule has 0 spiro atoms. The molecule has 3 heterocycles. The molecule has 0 radical (unpaired) electrons. The smallest absolute Gasteiger partial charge is 0.261 e. The molecule has 140 valence electrons. The van der Waals surface area contributed by atoms with Gasteiger partial charge < -0.3 is 15.4 Å². The lowest BCUT2D eigenvalue weighted by Crippen LogP contribution is -2.47. The van der Waals surface area contributed by atoms with Crippen molar-refractivity contribution in [1.82, 2.24) is 10.6 Å². The molecule has 2 aliphatic rings. The van der Waals surface area contributed by atoms with Crippen LogP contribution in [-0.4, -0.2) is 31.1 Å². The first-order valence-electron chi connectivity index (χ1n) is 8.94. The van der Waals surface area contributed by atoms with Gasteiger partial charge in [-0.2, -0.15) is 0 Å². The van der Waals surface area contributed by atoms with Gasteiger partial charge in [0, 0.05) is 23.0 Å².